The van der Waals surface area contributed by atoms with Crippen LogP contribution in [-0.2, 0) is 0 Å². The molecule has 11 N–H and O–H groups in total. The van der Waals surface area contributed by atoms with Gasteiger partial charge in [0, 0.05) is 144 Å². The van der Waals surface area contributed by atoms with Gasteiger partial charge in [-0.1, -0.05) is 0 Å². The zero-order chi connectivity index (χ0) is 27.4. The molecule has 0 aliphatic rings. The number of nitrogens with zero attached hydrogens (tertiary/aromatic N) is 4. The highest BCUT2D eigenvalue weighted by Gasteiger charge is 2.05. The minimum absolute atomic E-state index is 0.687. The molecule has 0 aromatic carbocycles. The van der Waals surface area contributed by atoms with Gasteiger partial charge in [-0.05, 0) is 21.1 Å². The molecule has 0 atom stereocenters. The summed E-state index contributed by atoms with van der Waals surface area (Å²) in [4.78, 5) is 9.55. The van der Waals surface area contributed by atoms with Gasteiger partial charge in [-0.3, -0.25) is 9.80 Å². The van der Waals surface area contributed by atoms with E-state index in [1.54, 1.807) is 0 Å². The van der Waals surface area contributed by atoms with Crippen molar-refractivity contribution in [2.24, 2.45) is 17.2 Å². The lowest BCUT2D eigenvalue weighted by Gasteiger charge is -2.24. The summed E-state index contributed by atoms with van der Waals surface area (Å²) in [6.45, 7) is 21.3. The third-order valence-corrected chi connectivity index (χ3v) is 6.38. The fourth-order valence-corrected chi connectivity index (χ4v) is 3.93. The van der Waals surface area contributed by atoms with Crippen LogP contribution in [0.3, 0.4) is 0 Å². The van der Waals surface area contributed by atoms with E-state index in [1.807, 2.05) is 7.05 Å². The molecule has 0 spiro atoms. The van der Waals surface area contributed by atoms with E-state index in [2.05, 4.69) is 60.3 Å². The number of nitrogens with two attached hydrogens (primary N) is 3. The van der Waals surface area contributed by atoms with Crippen LogP contribution in [0.25, 0.3) is 0 Å². The summed E-state index contributed by atoms with van der Waals surface area (Å²) in [6, 6.07) is 0. The van der Waals surface area contributed by atoms with Crippen LogP contribution in [0, 0.1) is 0 Å². The molecule has 0 saturated heterocycles. The summed E-state index contributed by atoms with van der Waals surface area (Å²) in [7, 11) is 6.39. The van der Waals surface area contributed by atoms with Gasteiger partial charge in [-0.15, -0.1) is 0 Å². The van der Waals surface area contributed by atoms with Crippen molar-refractivity contribution < 1.29 is 0 Å². The van der Waals surface area contributed by atoms with Crippen molar-refractivity contribution >= 4 is 0 Å². The van der Waals surface area contributed by atoms with Gasteiger partial charge in [0.15, 0.2) is 0 Å². The van der Waals surface area contributed by atoms with Crippen LogP contribution in [0.15, 0.2) is 0 Å². The first-order chi connectivity index (χ1) is 18.1. The van der Waals surface area contributed by atoms with E-state index >= 15 is 0 Å². The van der Waals surface area contributed by atoms with E-state index in [9.17, 15) is 0 Å². The van der Waals surface area contributed by atoms with E-state index < -0.39 is 0 Å². The van der Waals surface area contributed by atoms with Gasteiger partial charge in [0.2, 0.25) is 0 Å². The maximum atomic E-state index is 5.78. The summed E-state index contributed by atoms with van der Waals surface area (Å²) in [5.74, 6) is 0. The Hall–Kier alpha value is -0.480. The minimum atomic E-state index is 0.687. The second-order valence-corrected chi connectivity index (χ2v) is 9.76. The molecule has 0 fully saturated rings. The largest absolute Gasteiger partial charge is 0.329 e. The Bertz CT molecular complexity index is 440. The Balaban J connectivity index is 3.63. The zero-order valence-corrected chi connectivity index (χ0v) is 24.6. The van der Waals surface area contributed by atoms with Gasteiger partial charge in [-0.25, -0.2) is 0 Å². The van der Waals surface area contributed by atoms with Crippen LogP contribution in [0.4, 0.5) is 0 Å². The average molecular weight is 533 g/mol. The quantitative estimate of drug-likeness (QED) is 0.0425. The number of likely N-dealkylation sites (N-methyl/N-ethyl adjacent to an activating group) is 3. The first kappa shape index (κ1) is 36.5. The third kappa shape index (κ3) is 25.6. The Morgan fingerprint density at radius 2 is 0.730 bits per heavy atom. The van der Waals surface area contributed by atoms with E-state index in [-0.39, 0.29) is 0 Å². The highest BCUT2D eigenvalue weighted by molar-refractivity contribution is 4.65. The van der Waals surface area contributed by atoms with Gasteiger partial charge in [0.25, 0.3) is 0 Å². The van der Waals surface area contributed by atoms with Crippen molar-refractivity contribution in [3.05, 3.63) is 0 Å². The zero-order valence-electron chi connectivity index (χ0n) is 24.6. The van der Waals surface area contributed by atoms with Crippen molar-refractivity contribution in [1.29, 1.82) is 0 Å². The molecular weight excluding hydrogens is 468 g/mol. The maximum Gasteiger partial charge on any atom is 0.0108 e. The van der Waals surface area contributed by atoms with Gasteiger partial charge < -0.3 is 53.6 Å². The molecule has 0 aromatic heterocycles. The Kier molecular flexibility index (Phi) is 28.2. The predicted molar refractivity (Wildman–Crippen MR) is 160 cm³/mol. The normalized spacial score (nSPS) is 12.2. The first-order valence-electron chi connectivity index (χ1n) is 14.5. The molecule has 0 unspecified atom stereocenters. The molecule has 0 amide bonds. The van der Waals surface area contributed by atoms with Crippen molar-refractivity contribution in [2.75, 3.05) is 165 Å². The SMILES string of the molecule is CNCCNCCN(CCN)CCNCCN(C)CCN(C)CCNCCNCCN(CCN)CCN. The van der Waals surface area contributed by atoms with Crippen LogP contribution in [0.5, 0.6) is 0 Å². The molecule has 0 saturated carbocycles. The predicted octanol–water partition coefficient (Wildman–Crippen LogP) is -4.09. The van der Waals surface area contributed by atoms with Crippen LogP contribution in [-0.4, -0.2) is 185 Å². The second-order valence-electron chi connectivity index (χ2n) is 9.76. The summed E-state index contributed by atoms with van der Waals surface area (Å²) in [5, 5.41) is 17.2. The highest BCUT2D eigenvalue weighted by Crippen LogP contribution is 1.88. The second kappa shape index (κ2) is 28.5. The molecule has 224 valence electrons. The number of rotatable bonds is 30. The smallest absolute Gasteiger partial charge is 0.0108 e. The molecule has 0 aliphatic carbocycles. The topological polar surface area (TPSA) is 151 Å². The van der Waals surface area contributed by atoms with E-state index in [0.29, 0.717) is 19.6 Å². The Morgan fingerprint density at radius 3 is 1.11 bits per heavy atom. The lowest BCUT2D eigenvalue weighted by Crippen LogP contribution is -2.42. The van der Waals surface area contributed by atoms with Gasteiger partial charge in [0.1, 0.15) is 0 Å². The van der Waals surface area contributed by atoms with E-state index in [1.165, 1.54) is 0 Å². The molecule has 12 nitrogen and oxygen atoms in total. The molecule has 37 heavy (non-hydrogen) atoms. The molecule has 0 rings (SSSR count). The molecule has 0 aliphatic heterocycles. The fraction of sp³-hybridized carbons (Fsp3) is 1.00. The summed E-state index contributed by atoms with van der Waals surface area (Å²) < 4.78 is 0. The van der Waals surface area contributed by atoms with Crippen LogP contribution in [0.2, 0.25) is 0 Å². The molecule has 0 bridgehead atoms. The van der Waals surface area contributed by atoms with Gasteiger partial charge in [-0.2, -0.15) is 0 Å². The lowest BCUT2D eigenvalue weighted by atomic mass is 10.4. The van der Waals surface area contributed by atoms with Gasteiger partial charge >= 0.3 is 0 Å². The average Bonchev–Trinajstić information content (AvgIpc) is 2.88. The summed E-state index contributed by atoms with van der Waals surface area (Å²) >= 11 is 0. The van der Waals surface area contributed by atoms with Gasteiger partial charge in [0.05, 0.1) is 0 Å². The third-order valence-electron chi connectivity index (χ3n) is 6.38. The lowest BCUT2D eigenvalue weighted by molar-refractivity contribution is 0.251. The monoisotopic (exact) mass is 533 g/mol. The number of hydrogen-bond donors (Lipinski definition) is 8. The highest BCUT2D eigenvalue weighted by atomic mass is 15.2. The standard InChI is InChI=1S/C25H64N12/c1-29-7-8-30-14-22-37(18-6-28)23-15-33-12-20-35(3)25-24-34(2)19-11-31-9-10-32-13-21-36(16-4-26)17-5-27/h29-33H,4-28H2,1-3H3. The Morgan fingerprint density at radius 1 is 0.405 bits per heavy atom. The Labute approximate surface area is 228 Å². The molecule has 12 heteroatoms. The van der Waals surface area contributed by atoms with Crippen LogP contribution in [0.1, 0.15) is 0 Å². The van der Waals surface area contributed by atoms with E-state index in [4.69, 9.17) is 17.2 Å². The molecule has 0 heterocycles. The number of nitrogens with one attached hydrogen (secondary N) is 5. The molecular formula is C25H64N12. The van der Waals surface area contributed by atoms with Crippen LogP contribution >= 0.6 is 0 Å². The molecule has 0 aromatic rings. The molecule has 0 radical (unpaired) electrons. The van der Waals surface area contributed by atoms with Crippen molar-refractivity contribution in [2.45, 2.75) is 0 Å². The fourth-order valence-electron chi connectivity index (χ4n) is 3.93. The summed E-state index contributed by atoms with van der Waals surface area (Å²) in [6.07, 6.45) is 0. The van der Waals surface area contributed by atoms with Crippen molar-refractivity contribution in [3.63, 3.8) is 0 Å². The number of hydrogen-bond acceptors (Lipinski definition) is 12. The maximum absolute atomic E-state index is 5.78. The first-order valence-corrected chi connectivity index (χ1v) is 14.5. The van der Waals surface area contributed by atoms with Crippen molar-refractivity contribution in [3.8, 4) is 0 Å². The summed E-state index contributed by atoms with van der Waals surface area (Å²) in [5.41, 5.74) is 17.1. The van der Waals surface area contributed by atoms with E-state index in [0.717, 1.165) is 124 Å². The minimum Gasteiger partial charge on any atom is -0.329 e. The van der Waals surface area contributed by atoms with Crippen molar-refractivity contribution in [1.82, 2.24) is 46.2 Å². The van der Waals surface area contributed by atoms with Crippen LogP contribution < -0.4 is 43.8 Å².